The summed E-state index contributed by atoms with van der Waals surface area (Å²) in [6, 6.07) is 16.2. The Kier molecular flexibility index (Phi) is 7.59. The van der Waals surface area contributed by atoms with Crippen LogP contribution in [-0.2, 0) is 16.1 Å². The molecule has 8 heteroatoms. The van der Waals surface area contributed by atoms with Crippen LogP contribution in [0.25, 0.3) is 0 Å². The van der Waals surface area contributed by atoms with E-state index in [1.165, 1.54) is 0 Å². The maximum Gasteiger partial charge on any atom is 0.349 e. The minimum Gasteiger partial charge on any atom is -0.462 e. The van der Waals surface area contributed by atoms with Gasteiger partial charge >= 0.3 is 11.9 Å². The molecule has 0 fully saturated rings. The van der Waals surface area contributed by atoms with Gasteiger partial charge in [0, 0.05) is 4.47 Å². The summed E-state index contributed by atoms with van der Waals surface area (Å²) in [6.45, 7) is 3.59. The molecule has 0 aliphatic carbocycles. The molecule has 0 saturated carbocycles. The molecule has 31 heavy (non-hydrogen) atoms. The van der Waals surface area contributed by atoms with Crippen molar-refractivity contribution in [3.8, 4) is 0 Å². The van der Waals surface area contributed by atoms with Crippen molar-refractivity contribution >= 4 is 50.1 Å². The number of hydrogen-bond donors (Lipinski definition) is 1. The number of anilines is 1. The summed E-state index contributed by atoms with van der Waals surface area (Å²) in [7, 11) is 0. The molecule has 1 aromatic heterocycles. The second-order valence-electron chi connectivity index (χ2n) is 6.48. The minimum absolute atomic E-state index is 0.102. The van der Waals surface area contributed by atoms with E-state index in [1.54, 1.807) is 38.1 Å². The summed E-state index contributed by atoms with van der Waals surface area (Å²) in [5, 5.41) is 2.98. The maximum absolute atomic E-state index is 12.8. The quantitative estimate of drug-likeness (QED) is 0.425. The molecule has 1 N–H and O–H groups in total. The summed E-state index contributed by atoms with van der Waals surface area (Å²) in [5.74, 6) is -1.59. The number of thiophene rings is 1. The Morgan fingerprint density at radius 3 is 2.32 bits per heavy atom. The van der Waals surface area contributed by atoms with Gasteiger partial charge in [0.05, 0.1) is 17.7 Å². The third-order valence-electron chi connectivity index (χ3n) is 4.37. The van der Waals surface area contributed by atoms with Crippen LogP contribution in [0.2, 0.25) is 0 Å². The average Bonchev–Trinajstić information content (AvgIpc) is 3.09. The lowest BCUT2D eigenvalue weighted by molar-refractivity contribution is 0.0477. The van der Waals surface area contributed by atoms with Crippen LogP contribution >= 0.6 is 27.3 Å². The van der Waals surface area contributed by atoms with Gasteiger partial charge in [-0.2, -0.15) is 0 Å². The highest BCUT2D eigenvalue weighted by Crippen LogP contribution is 2.35. The van der Waals surface area contributed by atoms with Crippen LogP contribution in [0, 0.1) is 6.92 Å². The molecule has 0 radical (unpaired) electrons. The zero-order valence-corrected chi connectivity index (χ0v) is 19.3. The molecular formula is C23H20BrNO5S. The first-order valence-corrected chi connectivity index (χ1v) is 11.1. The fourth-order valence-corrected chi connectivity index (χ4v) is 4.40. The summed E-state index contributed by atoms with van der Waals surface area (Å²) in [5.41, 5.74) is 1.80. The molecule has 0 aliphatic heterocycles. The number of rotatable bonds is 7. The fraction of sp³-hybridized carbons (Fsp3) is 0.174. The van der Waals surface area contributed by atoms with Crippen LogP contribution in [0.4, 0.5) is 5.00 Å². The monoisotopic (exact) mass is 501 g/mol. The Labute approximate surface area is 192 Å². The van der Waals surface area contributed by atoms with Crippen LogP contribution in [0.1, 0.15) is 48.4 Å². The van der Waals surface area contributed by atoms with Crippen LogP contribution in [0.3, 0.4) is 0 Å². The number of hydrogen-bond acceptors (Lipinski definition) is 6. The topological polar surface area (TPSA) is 81.7 Å². The number of halogens is 1. The summed E-state index contributed by atoms with van der Waals surface area (Å²) >= 11 is 4.33. The summed E-state index contributed by atoms with van der Waals surface area (Å²) in [4.78, 5) is 38.3. The smallest absolute Gasteiger partial charge is 0.349 e. The fourth-order valence-electron chi connectivity index (χ4n) is 2.85. The first-order chi connectivity index (χ1) is 14.9. The van der Waals surface area contributed by atoms with Crippen LogP contribution in [-0.4, -0.2) is 24.5 Å². The van der Waals surface area contributed by atoms with Gasteiger partial charge in [-0.3, -0.25) is 4.79 Å². The predicted molar refractivity (Wildman–Crippen MR) is 123 cm³/mol. The van der Waals surface area contributed by atoms with E-state index in [1.807, 2.05) is 30.3 Å². The highest BCUT2D eigenvalue weighted by atomic mass is 79.9. The molecule has 3 rings (SSSR count). The molecule has 0 spiro atoms. The molecular weight excluding hydrogens is 482 g/mol. The number of carbonyl (C=O) groups excluding carboxylic acids is 3. The van der Waals surface area contributed by atoms with E-state index in [4.69, 9.17) is 9.47 Å². The van der Waals surface area contributed by atoms with E-state index in [2.05, 4.69) is 21.2 Å². The van der Waals surface area contributed by atoms with E-state index >= 15 is 0 Å². The van der Waals surface area contributed by atoms with Gasteiger partial charge in [0.25, 0.3) is 5.91 Å². The molecule has 2 aromatic carbocycles. The van der Waals surface area contributed by atoms with Gasteiger partial charge in [-0.05, 0) is 53.0 Å². The molecule has 0 atom stereocenters. The van der Waals surface area contributed by atoms with E-state index in [0.29, 0.717) is 15.6 Å². The lowest BCUT2D eigenvalue weighted by atomic mass is 10.1. The zero-order valence-electron chi connectivity index (χ0n) is 16.9. The van der Waals surface area contributed by atoms with Crippen molar-refractivity contribution in [2.45, 2.75) is 20.5 Å². The predicted octanol–water partition coefficient (Wildman–Crippen LogP) is 5.61. The van der Waals surface area contributed by atoms with E-state index in [-0.39, 0.29) is 28.7 Å². The molecule has 0 aliphatic rings. The number of benzene rings is 2. The van der Waals surface area contributed by atoms with E-state index in [9.17, 15) is 14.4 Å². The van der Waals surface area contributed by atoms with Crippen molar-refractivity contribution in [3.05, 3.63) is 86.2 Å². The summed E-state index contributed by atoms with van der Waals surface area (Å²) < 4.78 is 11.2. The Morgan fingerprint density at radius 2 is 1.65 bits per heavy atom. The third-order valence-corrected chi connectivity index (χ3v) is 6.25. The van der Waals surface area contributed by atoms with Crippen molar-refractivity contribution in [3.63, 3.8) is 0 Å². The Balaban J connectivity index is 1.89. The zero-order chi connectivity index (χ0) is 22.4. The Hall–Kier alpha value is -2.97. The highest BCUT2D eigenvalue weighted by molar-refractivity contribution is 9.10. The standard InChI is InChI=1S/C23H20BrNO5S/c1-3-29-22(27)18-14(2)19(23(28)30-13-15-9-5-4-6-10-15)31-21(18)25-20(26)16-11-7-8-12-17(16)24/h4-12H,3,13H2,1-2H3,(H,25,26). The number of ether oxygens (including phenoxy) is 2. The molecule has 0 unspecified atom stereocenters. The Bertz CT molecular complexity index is 1110. The summed E-state index contributed by atoms with van der Waals surface area (Å²) in [6.07, 6.45) is 0. The van der Waals surface area contributed by atoms with Crippen molar-refractivity contribution in [1.29, 1.82) is 0 Å². The van der Waals surface area contributed by atoms with Gasteiger partial charge in [0.1, 0.15) is 16.5 Å². The molecule has 0 saturated heterocycles. The lowest BCUT2D eigenvalue weighted by Crippen LogP contribution is -2.15. The average molecular weight is 502 g/mol. The molecule has 3 aromatic rings. The van der Waals surface area contributed by atoms with E-state index < -0.39 is 17.8 Å². The van der Waals surface area contributed by atoms with Gasteiger partial charge in [-0.15, -0.1) is 11.3 Å². The second-order valence-corrected chi connectivity index (χ2v) is 8.35. The van der Waals surface area contributed by atoms with Crippen LogP contribution in [0.15, 0.2) is 59.1 Å². The number of carbonyl (C=O) groups is 3. The van der Waals surface area contributed by atoms with Gasteiger partial charge in [0.2, 0.25) is 0 Å². The largest absolute Gasteiger partial charge is 0.462 e. The highest BCUT2D eigenvalue weighted by Gasteiger charge is 2.28. The molecule has 0 bridgehead atoms. The van der Waals surface area contributed by atoms with Crippen LogP contribution < -0.4 is 5.32 Å². The van der Waals surface area contributed by atoms with Crippen LogP contribution in [0.5, 0.6) is 0 Å². The van der Waals surface area contributed by atoms with Crippen molar-refractivity contribution in [2.75, 3.05) is 11.9 Å². The first-order valence-electron chi connectivity index (χ1n) is 9.49. The molecule has 1 amide bonds. The van der Waals surface area contributed by atoms with Gasteiger partial charge in [0.15, 0.2) is 0 Å². The molecule has 1 heterocycles. The van der Waals surface area contributed by atoms with Gasteiger partial charge in [-0.25, -0.2) is 9.59 Å². The normalized spacial score (nSPS) is 10.4. The van der Waals surface area contributed by atoms with Crippen molar-refractivity contribution < 1.29 is 23.9 Å². The van der Waals surface area contributed by atoms with E-state index in [0.717, 1.165) is 16.9 Å². The number of nitrogens with one attached hydrogen (secondary N) is 1. The van der Waals surface area contributed by atoms with Crippen molar-refractivity contribution in [1.82, 2.24) is 0 Å². The van der Waals surface area contributed by atoms with Crippen molar-refractivity contribution in [2.24, 2.45) is 0 Å². The second kappa shape index (κ2) is 10.4. The minimum atomic E-state index is -0.610. The maximum atomic E-state index is 12.8. The third kappa shape index (κ3) is 5.39. The first kappa shape index (κ1) is 22.7. The van der Waals surface area contributed by atoms with Gasteiger partial charge in [-0.1, -0.05) is 42.5 Å². The van der Waals surface area contributed by atoms with Gasteiger partial charge < -0.3 is 14.8 Å². The number of amides is 1. The number of esters is 2. The SMILES string of the molecule is CCOC(=O)c1c(NC(=O)c2ccccc2Br)sc(C(=O)OCc2ccccc2)c1C. The lowest BCUT2D eigenvalue weighted by Gasteiger charge is -2.08. The molecule has 160 valence electrons. The Morgan fingerprint density at radius 1 is 0.968 bits per heavy atom. The molecule has 6 nitrogen and oxygen atoms in total.